The molecule has 8 atom stereocenters. The zero-order valence-electron chi connectivity index (χ0n) is 30.2. The highest BCUT2D eigenvalue weighted by atomic mass is 16.9. The van der Waals surface area contributed by atoms with Gasteiger partial charge in [0.1, 0.15) is 6.10 Å². The average Bonchev–Trinajstić information content (AvgIpc) is 3.08. The molecule has 0 aliphatic heterocycles. The van der Waals surface area contributed by atoms with Crippen LogP contribution >= 0.6 is 0 Å². The molecule has 0 spiro atoms. The van der Waals surface area contributed by atoms with Crippen molar-refractivity contribution in [2.75, 3.05) is 20.3 Å². The minimum Gasteiger partial charge on any atom is -0.493 e. The fraction of sp³-hybridized carbons (Fsp3) is 0.605. The van der Waals surface area contributed by atoms with Gasteiger partial charge in [0.05, 0.1) is 44.9 Å². The van der Waals surface area contributed by atoms with Crippen molar-refractivity contribution in [1.82, 2.24) is 0 Å². The van der Waals surface area contributed by atoms with E-state index in [2.05, 4.69) is 36.9 Å². The Bertz CT molecular complexity index is 1420. The number of aliphatic hydroxyl groups excluding tert-OH is 2. The first-order chi connectivity index (χ1) is 24.3. The van der Waals surface area contributed by atoms with Gasteiger partial charge in [0.25, 0.3) is 5.09 Å². The molecule has 2 N–H and O–H groups in total. The average molecular weight is 716 g/mol. The van der Waals surface area contributed by atoms with Crippen molar-refractivity contribution in [3.8, 4) is 11.5 Å². The summed E-state index contributed by atoms with van der Waals surface area (Å²) in [6.07, 6.45) is 10.0. The lowest BCUT2D eigenvalue weighted by Gasteiger charge is -2.43. The Morgan fingerprint density at radius 2 is 1.84 bits per heavy atom. The number of esters is 3. The van der Waals surface area contributed by atoms with Gasteiger partial charge in [-0.3, -0.25) is 9.59 Å². The number of methoxy groups -OCH3 is 1. The summed E-state index contributed by atoms with van der Waals surface area (Å²) in [4.78, 5) is 51.8. The summed E-state index contributed by atoms with van der Waals surface area (Å²) >= 11 is 0. The number of hydrogen-bond donors (Lipinski definition) is 2. The van der Waals surface area contributed by atoms with Crippen LogP contribution in [0, 0.1) is 39.7 Å². The van der Waals surface area contributed by atoms with E-state index in [9.17, 15) is 34.7 Å². The summed E-state index contributed by atoms with van der Waals surface area (Å²) in [6.45, 7) is 8.13. The smallest absolute Gasteiger partial charge is 0.330 e. The molecule has 0 bridgehead atoms. The Hall–Kier alpha value is -4.23. The second-order valence-corrected chi connectivity index (χ2v) is 13.5. The summed E-state index contributed by atoms with van der Waals surface area (Å²) in [5.41, 5.74) is 1.74. The van der Waals surface area contributed by atoms with Gasteiger partial charge in [0, 0.05) is 12.0 Å². The molecule has 282 valence electrons. The first-order valence-electron chi connectivity index (χ1n) is 17.8. The zero-order valence-corrected chi connectivity index (χ0v) is 30.2. The van der Waals surface area contributed by atoms with E-state index in [1.807, 2.05) is 13.8 Å². The molecule has 0 radical (unpaired) electrons. The third-order valence-electron chi connectivity index (χ3n) is 9.46. The molecule has 0 saturated carbocycles. The molecule has 0 fully saturated rings. The fourth-order valence-electron chi connectivity index (χ4n) is 6.51. The Kier molecular flexibility index (Phi) is 16.6. The SMILES string of the molecule is CC[C@H](C)C(=O)O[C@H]1C[C@@H](C)C=C2C=C[C@H](C)[C@H](CC[C@@H](O)C[C@@H](O)CC(=O)Oc3ccc(/C=C/C(=O)OCCCCO[N+](=O)[O-])cc3OC)[C@H]21. The highest BCUT2D eigenvalue weighted by Crippen LogP contribution is 2.45. The molecule has 3 rings (SSSR count). The maximum atomic E-state index is 12.8. The van der Waals surface area contributed by atoms with Crippen molar-refractivity contribution in [2.45, 2.75) is 97.4 Å². The monoisotopic (exact) mass is 715 g/mol. The van der Waals surface area contributed by atoms with Crippen LogP contribution < -0.4 is 9.47 Å². The van der Waals surface area contributed by atoms with E-state index >= 15 is 0 Å². The van der Waals surface area contributed by atoms with Crippen LogP contribution in [0.25, 0.3) is 6.08 Å². The molecule has 0 aromatic heterocycles. The summed E-state index contributed by atoms with van der Waals surface area (Å²) in [7, 11) is 1.40. The Morgan fingerprint density at radius 1 is 1.10 bits per heavy atom. The van der Waals surface area contributed by atoms with E-state index < -0.39 is 29.2 Å². The number of unbranched alkanes of at least 4 members (excludes halogenated alkanes) is 1. The van der Waals surface area contributed by atoms with Gasteiger partial charge in [-0.2, -0.15) is 0 Å². The Morgan fingerprint density at radius 3 is 2.55 bits per heavy atom. The molecule has 1 aromatic carbocycles. The molecular formula is C38H53NO12. The van der Waals surface area contributed by atoms with Gasteiger partial charge >= 0.3 is 17.9 Å². The molecule has 2 aliphatic rings. The second kappa shape index (κ2) is 20.6. The lowest BCUT2D eigenvalue weighted by atomic mass is 9.65. The molecule has 51 heavy (non-hydrogen) atoms. The minimum absolute atomic E-state index is 0.00745. The van der Waals surface area contributed by atoms with Crippen LogP contribution in [0.1, 0.15) is 84.6 Å². The number of allylic oxidation sites excluding steroid dienone is 3. The summed E-state index contributed by atoms with van der Waals surface area (Å²) < 4.78 is 21.9. The van der Waals surface area contributed by atoms with Crippen molar-refractivity contribution in [3.63, 3.8) is 0 Å². The Balaban J connectivity index is 1.48. The number of carbonyl (C=O) groups is 3. The number of fused-ring (bicyclic) bond motifs is 1. The molecule has 13 heteroatoms. The van der Waals surface area contributed by atoms with Gasteiger partial charge in [0.15, 0.2) is 11.5 Å². The van der Waals surface area contributed by atoms with Crippen molar-refractivity contribution < 1.29 is 53.5 Å². The number of hydrogen-bond acceptors (Lipinski definition) is 12. The third-order valence-corrected chi connectivity index (χ3v) is 9.46. The van der Waals surface area contributed by atoms with E-state index in [0.29, 0.717) is 37.7 Å². The summed E-state index contributed by atoms with van der Waals surface area (Å²) in [6, 6.07) is 4.67. The predicted molar refractivity (Wildman–Crippen MR) is 188 cm³/mol. The van der Waals surface area contributed by atoms with Crippen molar-refractivity contribution in [3.05, 3.63) is 63.8 Å². The molecule has 0 unspecified atom stereocenters. The first kappa shape index (κ1) is 41.2. The number of benzene rings is 1. The molecule has 0 heterocycles. The van der Waals surface area contributed by atoms with Gasteiger partial charge in [0.2, 0.25) is 0 Å². The van der Waals surface area contributed by atoms with Crippen molar-refractivity contribution in [1.29, 1.82) is 0 Å². The van der Waals surface area contributed by atoms with Gasteiger partial charge in [-0.05, 0) is 92.0 Å². The molecule has 13 nitrogen and oxygen atoms in total. The van der Waals surface area contributed by atoms with Crippen molar-refractivity contribution >= 4 is 24.0 Å². The van der Waals surface area contributed by atoms with Crippen molar-refractivity contribution in [2.24, 2.45) is 29.6 Å². The quantitative estimate of drug-likeness (QED) is 0.0415. The zero-order chi connectivity index (χ0) is 37.5. The number of ether oxygens (including phenoxy) is 4. The van der Waals surface area contributed by atoms with E-state index in [-0.39, 0.29) is 79.2 Å². The van der Waals surface area contributed by atoms with Gasteiger partial charge in [-0.1, -0.05) is 52.0 Å². The topological polar surface area (TPSA) is 181 Å². The standard InChI is InChI=1S/C38H53NO12/c1-6-25(3)38(44)51-34-20-24(2)19-28-12-9-26(4)31(37(28)34)14-13-29(40)22-30(41)23-36(43)50-32-15-10-27(21-33(32)47-5)11-16-35(42)48-17-7-8-18-49-39(45)46/h9-12,15-16,19,21,24-26,29-31,34,37,40-41H,6-8,13-14,17-18,20,22-23H2,1-5H3/b16-11+/t24-,25-,26-,29+,30+,31-,34-,37-/m0/s1. The first-order valence-corrected chi connectivity index (χ1v) is 17.8. The molecule has 0 amide bonds. The van der Waals surface area contributed by atoms with Crippen LogP contribution in [0.5, 0.6) is 11.5 Å². The highest BCUT2D eigenvalue weighted by Gasteiger charge is 2.41. The second-order valence-electron chi connectivity index (χ2n) is 13.5. The number of carbonyl (C=O) groups excluding carboxylic acids is 3. The molecule has 1 aromatic rings. The maximum absolute atomic E-state index is 12.8. The van der Waals surface area contributed by atoms with E-state index in [4.69, 9.17) is 18.9 Å². The highest BCUT2D eigenvalue weighted by molar-refractivity contribution is 5.87. The predicted octanol–water partition coefficient (Wildman–Crippen LogP) is 5.79. The van der Waals surface area contributed by atoms with Gasteiger partial charge in [-0.25, -0.2) is 4.79 Å². The van der Waals surface area contributed by atoms with E-state index in [1.165, 1.54) is 30.9 Å². The molecule has 2 aliphatic carbocycles. The van der Waals surface area contributed by atoms with Crippen LogP contribution in [0.3, 0.4) is 0 Å². The number of rotatable bonds is 20. The molecular weight excluding hydrogens is 662 g/mol. The fourth-order valence-corrected chi connectivity index (χ4v) is 6.51. The van der Waals surface area contributed by atoms with Crippen LogP contribution in [0.2, 0.25) is 0 Å². The van der Waals surface area contributed by atoms with Crippen LogP contribution in [0.15, 0.2) is 48.1 Å². The number of nitrogens with zero attached hydrogens (tertiary/aromatic N) is 1. The van der Waals surface area contributed by atoms with Gasteiger partial charge < -0.3 is 34.0 Å². The van der Waals surface area contributed by atoms with Gasteiger partial charge in [-0.15, -0.1) is 10.1 Å². The summed E-state index contributed by atoms with van der Waals surface area (Å²) in [5.74, 6) is -0.615. The Labute approximate surface area is 299 Å². The maximum Gasteiger partial charge on any atom is 0.330 e. The lowest BCUT2D eigenvalue weighted by Crippen LogP contribution is -2.41. The minimum atomic E-state index is -1.13. The number of aliphatic hydroxyl groups is 2. The van der Waals surface area contributed by atoms with Crippen LogP contribution in [-0.2, 0) is 28.7 Å². The molecule has 0 saturated heterocycles. The largest absolute Gasteiger partial charge is 0.493 e. The summed E-state index contributed by atoms with van der Waals surface area (Å²) in [5, 5.41) is 30.8. The lowest BCUT2D eigenvalue weighted by molar-refractivity contribution is -0.757. The van der Waals surface area contributed by atoms with Crippen LogP contribution in [-0.4, -0.2) is 71.8 Å². The van der Waals surface area contributed by atoms with E-state index in [0.717, 1.165) is 6.42 Å². The van der Waals surface area contributed by atoms with Crippen LogP contribution in [0.4, 0.5) is 0 Å². The van der Waals surface area contributed by atoms with E-state index in [1.54, 1.807) is 12.1 Å². The normalized spacial score (nSPS) is 23.0. The third kappa shape index (κ3) is 13.4.